The molecule has 1 atom stereocenters. The quantitative estimate of drug-likeness (QED) is 0.943. The van der Waals surface area contributed by atoms with Crippen LogP contribution in [0.1, 0.15) is 12.0 Å². The lowest BCUT2D eigenvalue weighted by Gasteiger charge is -2.15. The monoisotopic (exact) mass is 312 g/mol. The molecule has 0 saturated carbocycles. The summed E-state index contributed by atoms with van der Waals surface area (Å²) in [5, 5.41) is 0. The van der Waals surface area contributed by atoms with Gasteiger partial charge in [0, 0.05) is 25.2 Å². The van der Waals surface area contributed by atoms with Crippen LogP contribution in [0.2, 0.25) is 0 Å². The number of hydrogen-bond acceptors (Lipinski definition) is 4. The minimum absolute atomic E-state index is 0.0445. The van der Waals surface area contributed by atoms with E-state index in [0.717, 1.165) is 12.0 Å². The number of carbonyl (C=O) groups excluding carboxylic acids is 1. The van der Waals surface area contributed by atoms with Gasteiger partial charge >= 0.3 is 6.09 Å². The number of amides is 1. The van der Waals surface area contributed by atoms with E-state index in [0.29, 0.717) is 31.2 Å². The summed E-state index contributed by atoms with van der Waals surface area (Å²) in [4.78, 5) is 13.7. The SMILES string of the molecule is N[C@@H]1CCN(C(=O)Oc2cccc(OCc3ccccc3)c2)C1. The lowest BCUT2D eigenvalue weighted by atomic mass is 10.2. The highest BCUT2D eigenvalue weighted by molar-refractivity contribution is 5.71. The first-order valence-electron chi connectivity index (χ1n) is 7.70. The van der Waals surface area contributed by atoms with E-state index >= 15 is 0 Å². The smallest absolute Gasteiger partial charge is 0.415 e. The maximum Gasteiger partial charge on any atom is 0.415 e. The summed E-state index contributed by atoms with van der Waals surface area (Å²) < 4.78 is 11.1. The van der Waals surface area contributed by atoms with Crippen molar-refractivity contribution < 1.29 is 14.3 Å². The summed E-state index contributed by atoms with van der Waals surface area (Å²) in [5.74, 6) is 1.14. The fraction of sp³-hybridized carbons (Fsp3) is 0.278. The summed E-state index contributed by atoms with van der Waals surface area (Å²) in [5.41, 5.74) is 6.89. The van der Waals surface area contributed by atoms with Crippen LogP contribution in [0.15, 0.2) is 54.6 Å². The second-order valence-corrected chi connectivity index (χ2v) is 5.61. The molecule has 2 aromatic rings. The molecule has 0 aromatic heterocycles. The Balaban J connectivity index is 1.57. The highest BCUT2D eigenvalue weighted by Gasteiger charge is 2.25. The normalized spacial score (nSPS) is 17.1. The molecule has 0 unspecified atom stereocenters. The summed E-state index contributed by atoms with van der Waals surface area (Å²) in [6.45, 7) is 1.66. The summed E-state index contributed by atoms with van der Waals surface area (Å²) >= 11 is 0. The topological polar surface area (TPSA) is 64.8 Å². The maximum atomic E-state index is 12.1. The van der Waals surface area contributed by atoms with Gasteiger partial charge in [-0.2, -0.15) is 0 Å². The average Bonchev–Trinajstić information content (AvgIpc) is 3.01. The molecule has 2 N–H and O–H groups in total. The highest BCUT2D eigenvalue weighted by atomic mass is 16.6. The molecule has 5 heteroatoms. The van der Waals surface area contributed by atoms with Crippen LogP contribution in [0.5, 0.6) is 11.5 Å². The minimum Gasteiger partial charge on any atom is -0.489 e. The molecule has 23 heavy (non-hydrogen) atoms. The minimum atomic E-state index is -0.363. The molecule has 120 valence electrons. The van der Waals surface area contributed by atoms with Crippen molar-refractivity contribution in [1.82, 2.24) is 4.90 Å². The van der Waals surface area contributed by atoms with Crippen molar-refractivity contribution in [2.24, 2.45) is 5.73 Å². The van der Waals surface area contributed by atoms with Crippen molar-refractivity contribution in [3.63, 3.8) is 0 Å². The van der Waals surface area contributed by atoms with E-state index < -0.39 is 0 Å². The molecule has 0 radical (unpaired) electrons. The molecular weight excluding hydrogens is 292 g/mol. The first kappa shape index (κ1) is 15.4. The molecule has 1 aliphatic heterocycles. The zero-order chi connectivity index (χ0) is 16.1. The summed E-state index contributed by atoms with van der Waals surface area (Å²) in [6, 6.07) is 17.1. The number of hydrogen-bond donors (Lipinski definition) is 1. The third kappa shape index (κ3) is 4.23. The zero-order valence-electron chi connectivity index (χ0n) is 12.9. The van der Waals surface area contributed by atoms with Crippen LogP contribution < -0.4 is 15.2 Å². The number of nitrogens with zero attached hydrogens (tertiary/aromatic N) is 1. The standard InChI is InChI=1S/C18H20N2O3/c19-15-9-10-20(12-15)18(21)23-17-8-4-7-16(11-17)22-13-14-5-2-1-3-6-14/h1-8,11,15H,9-10,12-13,19H2/t15-/m1/s1. The molecule has 1 fully saturated rings. The van der Waals surface area contributed by atoms with Gasteiger partial charge in [0.05, 0.1) is 0 Å². The van der Waals surface area contributed by atoms with Gasteiger partial charge in [0.2, 0.25) is 0 Å². The van der Waals surface area contributed by atoms with Crippen LogP contribution in [0, 0.1) is 0 Å². The van der Waals surface area contributed by atoms with Gasteiger partial charge in [0.1, 0.15) is 18.1 Å². The van der Waals surface area contributed by atoms with Crippen molar-refractivity contribution in [2.45, 2.75) is 19.1 Å². The first-order valence-corrected chi connectivity index (χ1v) is 7.70. The van der Waals surface area contributed by atoms with Gasteiger partial charge in [-0.25, -0.2) is 4.79 Å². The van der Waals surface area contributed by atoms with Gasteiger partial charge in [0.25, 0.3) is 0 Å². The van der Waals surface area contributed by atoms with E-state index in [9.17, 15) is 4.79 Å². The molecule has 0 bridgehead atoms. The Labute approximate surface area is 135 Å². The maximum absolute atomic E-state index is 12.1. The van der Waals surface area contributed by atoms with Gasteiger partial charge in [-0.15, -0.1) is 0 Å². The molecule has 0 spiro atoms. The molecule has 0 aliphatic carbocycles. The zero-order valence-corrected chi connectivity index (χ0v) is 12.9. The molecule has 3 rings (SSSR count). The Hall–Kier alpha value is -2.53. The molecular formula is C18H20N2O3. The number of benzene rings is 2. The highest BCUT2D eigenvalue weighted by Crippen LogP contribution is 2.21. The number of carbonyl (C=O) groups is 1. The van der Waals surface area contributed by atoms with E-state index in [1.807, 2.05) is 36.4 Å². The fourth-order valence-electron chi connectivity index (χ4n) is 2.49. The predicted molar refractivity (Wildman–Crippen MR) is 87.4 cm³/mol. The van der Waals surface area contributed by atoms with Crippen molar-refractivity contribution in [3.05, 3.63) is 60.2 Å². The van der Waals surface area contributed by atoms with Crippen LogP contribution in [0.4, 0.5) is 4.79 Å². The lowest BCUT2D eigenvalue weighted by Crippen LogP contribution is -2.33. The number of ether oxygens (including phenoxy) is 2. The second kappa shape index (κ2) is 7.15. The van der Waals surface area contributed by atoms with E-state index in [1.54, 1.807) is 23.1 Å². The van der Waals surface area contributed by atoms with Crippen LogP contribution in [-0.2, 0) is 6.61 Å². The molecule has 1 heterocycles. The van der Waals surface area contributed by atoms with Gasteiger partial charge in [-0.3, -0.25) is 0 Å². The van der Waals surface area contributed by atoms with Crippen molar-refractivity contribution in [1.29, 1.82) is 0 Å². The number of rotatable bonds is 4. The van der Waals surface area contributed by atoms with Crippen LogP contribution in [0.25, 0.3) is 0 Å². The van der Waals surface area contributed by atoms with Crippen molar-refractivity contribution in [3.8, 4) is 11.5 Å². The van der Waals surface area contributed by atoms with Crippen molar-refractivity contribution >= 4 is 6.09 Å². The lowest BCUT2D eigenvalue weighted by molar-refractivity contribution is 0.162. The molecule has 2 aromatic carbocycles. The summed E-state index contributed by atoms with van der Waals surface area (Å²) in [6.07, 6.45) is 0.452. The van der Waals surface area contributed by atoms with E-state index in [4.69, 9.17) is 15.2 Å². The Morgan fingerprint density at radius 3 is 2.65 bits per heavy atom. The Kier molecular flexibility index (Phi) is 4.78. The first-order chi connectivity index (χ1) is 11.2. The molecule has 1 saturated heterocycles. The number of likely N-dealkylation sites (tertiary alicyclic amines) is 1. The van der Waals surface area contributed by atoms with E-state index in [2.05, 4.69) is 0 Å². The Bertz CT molecular complexity index is 660. The van der Waals surface area contributed by atoms with E-state index in [-0.39, 0.29) is 12.1 Å². The van der Waals surface area contributed by atoms with Gasteiger partial charge < -0.3 is 20.1 Å². The molecule has 5 nitrogen and oxygen atoms in total. The fourth-order valence-corrected chi connectivity index (χ4v) is 2.49. The molecule has 1 aliphatic rings. The largest absolute Gasteiger partial charge is 0.489 e. The van der Waals surface area contributed by atoms with E-state index in [1.165, 1.54) is 0 Å². The predicted octanol–water partition coefficient (Wildman–Crippen LogP) is 2.80. The van der Waals surface area contributed by atoms with Crippen LogP contribution in [0.3, 0.4) is 0 Å². The third-order valence-corrected chi connectivity index (χ3v) is 3.74. The Morgan fingerprint density at radius 1 is 1.13 bits per heavy atom. The average molecular weight is 312 g/mol. The number of nitrogens with two attached hydrogens (primary N) is 1. The second-order valence-electron chi connectivity index (χ2n) is 5.61. The van der Waals surface area contributed by atoms with Crippen LogP contribution in [-0.4, -0.2) is 30.1 Å². The molecule has 1 amide bonds. The Morgan fingerprint density at radius 2 is 1.91 bits per heavy atom. The van der Waals surface area contributed by atoms with Gasteiger partial charge in [-0.1, -0.05) is 36.4 Å². The van der Waals surface area contributed by atoms with Crippen LogP contribution >= 0.6 is 0 Å². The third-order valence-electron chi connectivity index (χ3n) is 3.74. The van der Waals surface area contributed by atoms with Gasteiger partial charge in [0.15, 0.2) is 0 Å². The van der Waals surface area contributed by atoms with Gasteiger partial charge in [-0.05, 0) is 24.1 Å². The summed E-state index contributed by atoms with van der Waals surface area (Å²) in [7, 11) is 0. The van der Waals surface area contributed by atoms with Crippen molar-refractivity contribution in [2.75, 3.05) is 13.1 Å².